The van der Waals surface area contributed by atoms with Crippen molar-refractivity contribution in [2.75, 3.05) is 0 Å². The molecule has 0 aliphatic heterocycles. The van der Waals surface area contributed by atoms with E-state index in [0.29, 0.717) is 0 Å². The highest BCUT2D eigenvalue weighted by molar-refractivity contribution is 5.35. The molecule has 0 spiro atoms. The van der Waals surface area contributed by atoms with Crippen LogP contribution >= 0.6 is 0 Å². The zero-order valence-corrected chi connectivity index (χ0v) is 13.1. The Morgan fingerprint density at radius 2 is 1.67 bits per heavy atom. The van der Waals surface area contributed by atoms with Crippen LogP contribution in [0.3, 0.4) is 0 Å². The SMILES string of the molecule is C/C=C(C)/N=N/C(=C/C=C(\C)N=Nc1ccccc1)CC. The molecule has 4 heteroatoms. The van der Waals surface area contributed by atoms with Gasteiger partial charge in [-0.15, -0.1) is 0 Å². The second-order valence-corrected chi connectivity index (χ2v) is 4.49. The van der Waals surface area contributed by atoms with E-state index < -0.39 is 0 Å². The van der Waals surface area contributed by atoms with Gasteiger partial charge in [-0.05, 0) is 51.5 Å². The summed E-state index contributed by atoms with van der Waals surface area (Å²) in [6.07, 6.45) is 6.56. The summed E-state index contributed by atoms with van der Waals surface area (Å²) in [6.45, 7) is 7.82. The Kier molecular flexibility index (Phi) is 7.58. The fraction of sp³-hybridized carbons (Fsp3) is 0.294. The molecule has 1 rings (SSSR count). The van der Waals surface area contributed by atoms with Crippen LogP contribution in [0.15, 0.2) is 86.1 Å². The van der Waals surface area contributed by atoms with Crippen molar-refractivity contribution in [3.8, 4) is 0 Å². The normalized spacial score (nSPS) is 14.4. The van der Waals surface area contributed by atoms with Gasteiger partial charge in [0.1, 0.15) is 0 Å². The lowest BCUT2D eigenvalue weighted by molar-refractivity contribution is 0.972. The lowest BCUT2D eigenvalue weighted by atomic mass is 10.3. The lowest BCUT2D eigenvalue weighted by Crippen LogP contribution is -1.75. The predicted octanol–water partition coefficient (Wildman–Crippen LogP) is 6.34. The zero-order valence-electron chi connectivity index (χ0n) is 13.1. The molecular weight excluding hydrogens is 260 g/mol. The van der Waals surface area contributed by atoms with Crippen LogP contribution < -0.4 is 0 Å². The van der Waals surface area contributed by atoms with Crippen LogP contribution in [0.4, 0.5) is 5.69 Å². The van der Waals surface area contributed by atoms with Crippen LogP contribution in [0.2, 0.25) is 0 Å². The molecule has 0 bridgehead atoms. The van der Waals surface area contributed by atoms with Crippen molar-refractivity contribution >= 4 is 5.69 Å². The summed E-state index contributed by atoms with van der Waals surface area (Å²) in [6, 6.07) is 9.66. The van der Waals surface area contributed by atoms with Gasteiger partial charge in [-0.2, -0.15) is 20.5 Å². The van der Waals surface area contributed by atoms with Crippen molar-refractivity contribution in [2.45, 2.75) is 34.1 Å². The van der Waals surface area contributed by atoms with E-state index >= 15 is 0 Å². The van der Waals surface area contributed by atoms with Crippen LogP contribution in [0.1, 0.15) is 34.1 Å². The molecule has 0 radical (unpaired) electrons. The lowest BCUT2D eigenvalue weighted by Gasteiger charge is -1.95. The number of benzene rings is 1. The van der Waals surface area contributed by atoms with Crippen LogP contribution in [0.5, 0.6) is 0 Å². The summed E-state index contributed by atoms with van der Waals surface area (Å²) in [7, 11) is 0. The molecule has 0 aromatic heterocycles. The van der Waals surface area contributed by atoms with E-state index in [9.17, 15) is 0 Å². The smallest absolute Gasteiger partial charge is 0.0856 e. The van der Waals surface area contributed by atoms with E-state index in [2.05, 4.69) is 20.5 Å². The average Bonchev–Trinajstić information content (AvgIpc) is 2.53. The molecule has 1 aromatic carbocycles. The number of azo groups is 2. The van der Waals surface area contributed by atoms with Crippen LogP contribution in [0.25, 0.3) is 0 Å². The van der Waals surface area contributed by atoms with Gasteiger partial charge in [0.2, 0.25) is 0 Å². The summed E-state index contributed by atoms with van der Waals surface area (Å²) in [5, 5.41) is 16.7. The van der Waals surface area contributed by atoms with Crippen molar-refractivity contribution in [3.63, 3.8) is 0 Å². The van der Waals surface area contributed by atoms with Gasteiger partial charge in [0.25, 0.3) is 0 Å². The Hall–Kier alpha value is -2.36. The Morgan fingerprint density at radius 3 is 2.29 bits per heavy atom. The highest BCUT2D eigenvalue weighted by Crippen LogP contribution is 2.13. The molecule has 4 nitrogen and oxygen atoms in total. The topological polar surface area (TPSA) is 49.4 Å². The van der Waals surface area contributed by atoms with E-state index in [1.807, 2.05) is 76.3 Å². The Balaban J connectivity index is 2.74. The summed E-state index contributed by atoms with van der Waals surface area (Å²) in [4.78, 5) is 0. The zero-order chi connectivity index (χ0) is 15.5. The molecular formula is C17H22N4. The van der Waals surface area contributed by atoms with Crippen LogP contribution in [0, 0.1) is 0 Å². The molecule has 0 fully saturated rings. The summed E-state index contributed by atoms with van der Waals surface area (Å²) in [5.74, 6) is 0. The minimum absolute atomic E-state index is 0.820. The van der Waals surface area contributed by atoms with Crippen LogP contribution in [-0.2, 0) is 0 Å². The number of rotatable bonds is 6. The van der Waals surface area contributed by atoms with Crippen molar-refractivity contribution in [1.82, 2.24) is 0 Å². The van der Waals surface area contributed by atoms with Gasteiger partial charge in [-0.25, -0.2) is 0 Å². The molecule has 0 unspecified atom stereocenters. The molecule has 1 aromatic rings. The number of hydrogen-bond acceptors (Lipinski definition) is 4. The summed E-state index contributed by atoms with van der Waals surface area (Å²) < 4.78 is 0. The monoisotopic (exact) mass is 282 g/mol. The van der Waals surface area contributed by atoms with E-state index in [4.69, 9.17) is 0 Å². The van der Waals surface area contributed by atoms with E-state index in [0.717, 1.165) is 29.2 Å². The first-order chi connectivity index (χ1) is 10.2. The van der Waals surface area contributed by atoms with Crippen molar-refractivity contribution in [1.29, 1.82) is 0 Å². The molecule has 0 saturated carbocycles. The molecule has 0 N–H and O–H groups in total. The molecule has 0 heterocycles. The maximum atomic E-state index is 4.20. The maximum Gasteiger partial charge on any atom is 0.0856 e. The predicted molar refractivity (Wildman–Crippen MR) is 87.4 cm³/mol. The van der Waals surface area contributed by atoms with E-state index in [1.165, 1.54) is 0 Å². The average molecular weight is 282 g/mol. The van der Waals surface area contributed by atoms with Gasteiger partial charge >= 0.3 is 0 Å². The number of hydrogen-bond donors (Lipinski definition) is 0. The van der Waals surface area contributed by atoms with Gasteiger partial charge in [0.05, 0.1) is 22.8 Å². The maximum absolute atomic E-state index is 4.20. The molecule has 0 saturated heterocycles. The first kappa shape index (κ1) is 16.7. The van der Waals surface area contributed by atoms with E-state index in [-0.39, 0.29) is 0 Å². The third-order valence-electron chi connectivity index (χ3n) is 2.71. The Bertz CT molecular complexity index is 578. The Morgan fingerprint density at radius 1 is 0.952 bits per heavy atom. The minimum atomic E-state index is 0.820. The number of nitrogens with zero attached hydrogens (tertiary/aromatic N) is 4. The largest absolute Gasteiger partial charge is 0.156 e. The van der Waals surface area contributed by atoms with Gasteiger partial charge in [-0.1, -0.05) is 31.2 Å². The standard InChI is InChI=1S/C17H22N4/c1-5-14(3)18-20-16(6-2)13-12-15(4)19-21-17-10-8-7-9-11-17/h5,7-13H,6H2,1-4H3/b14-5+,15-12+,16-13+,20-18+,21-19?. The second kappa shape index (κ2) is 9.53. The molecule has 0 aliphatic rings. The highest BCUT2D eigenvalue weighted by Gasteiger charge is 1.91. The molecule has 110 valence electrons. The molecule has 0 amide bonds. The third kappa shape index (κ3) is 7.11. The second-order valence-electron chi connectivity index (χ2n) is 4.49. The first-order valence-corrected chi connectivity index (χ1v) is 7.04. The first-order valence-electron chi connectivity index (χ1n) is 7.04. The minimum Gasteiger partial charge on any atom is -0.156 e. The Labute approximate surface area is 126 Å². The third-order valence-corrected chi connectivity index (χ3v) is 2.71. The van der Waals surface area contributed by atoms with Crippen molar-refractivity contribution in [2.24, 2.45) is 20.5 Å². The fourth-order valence-electron chi connectivity index (χ4n) is 1.30. The number of allylic oxidation sites excluding steroid dienone is 6. The summed E-state index contributed by atoms with van der Waals surface area (Å²) in [5.41, 5.74) is 3.47. The molecule has 0 aliphatic carbocycles. The molecule has 0 atom stereocenters. The van der Waals surface area contributed by atoms with Crippen LogP contribution in [-0.4, -0.2) is 0 Å². The van der Waals surface area contributed by atoms with Crippen molar-refractivity contribution < 1.29 is 0 Å². The van der Waals surface area contributed by atoms with Gasteiger partial charge in [-0.3, -0.25) is 0 Å². The fourth-order valence-corrected chi connectivity index (χ4v) is 1.30. The van der Waals surface area contributed by atoms with Gasteiger partial charge in [0.15, 0.2) is 0 Å². The van der Waals surface area contributed by atoms with Gasteiger partial charge in [0, 0.05) is 0 Å². The molecule has 21 heavy (non-hydrogen) atoms. The summed E-state index contributed by atoms with van der Waals surface area (Å²) >= 11 is 0. The highest BCUT2D eigenvalue weighted by atomic mass is 15.1. The quantitative estimate of drug-likeness (QED) is 0.431. The van der Waals surface area contributed by atoms with Crippen molar-refractivity contribution in [3.05, 3.63) is 65.7 Å². The van der Waals surface area contributed by atoms with Gasteiger partial charge < -0.3 is 0 Å². The van der Waals surface area contributed by atoms with E-state index in [1.54, 1.807) is 0 Å².